The monoisotopic (exact) mass is 647 g/mol. The SMILES string of the molecule is N#Cc1ccc2oc3ccc(-c4ccc5c(-c6ccccc6)c6cc(-c7ccc8ccccc8c7)ccc6c(-c6ccccc6)c5c4)cc3c2c1. The Balaban J connectivity index is 1.26. The molecule has 0 bridgehead atoms. The van der Waals surface area contributed by atoms with Gasteiger partial charge >= 0.3 is 0 Å². The van der Waals surface area contributed by atoms with E-state index in [2.05, 4.69) is 158 Å². The number of hydrogen-bond acceptors (Lipinski definition) is 2. The summed E-state index contributed by atoms with van der Waals surface area (Å²) in [6.45, 7) is 0. The van der Waals surface area contributed by atoms with Crippen LogP contribution in [0, 0.1) is 11.3 Å². The molecule has 10 aromatic rings. The number of nitriles is 1. The van der Waals surface area contributed by atoms with Gasteiger partial charge in [0.05, 0.1) is 11.6 Å². The van der Waals surface area contributed by atoms with E-state index in [0.29, 0.717) is 5.56 Å². The highest BCUT2D eigenvalue weighted by atomic mass is 16.3. The average molecular weight is 648 g/mol. The Morgan fingerprint density at radius 2 is 0.804 bits per heavy atom. The Kier molecular flexibility index (Phi) is 6.59. The van der Waals surface area contributed by atoms with E-state index in [4.69, 9.17) is 4.42 Å². The molecule has 0 fully saturated rings. The molecule has 0 N–H and O–H groups in total. The molecule has 0 saturated heterocycles. The number of fused-ring (bicyclic) bond motifs is 6. The van der Waals surface area contributed by atoms with Gasteiger partial charge in [0.1, 0.15) is 11.2 Å². The van der Waals surface area contributed by atoms with Gasteiger partial charge in [0.15, 0.2) is 0 Å². The second-order valence-electron chi connectivity index (χ2n) is 13.2. The minimum absolute atomic E-state index is 0.623. The molecule has 0 aliphatic rings. The molecule has 51 heavy (non-hydrogen) atoms. The zero-order chi connectivity index (χ0) is 33.9. The van der Waals surface area contributed by atoms with Gasteiger partial charge in [0.25, 0.3) is 0 Å². The molecule has 0 aliphatic heterocycles. The third-order valence-electron chi connectivity index (χ3n) is 10.3. The molecule has 236 valence electrons. The van der Waals surface area contributed by atoms with E-state index < -0.39 is 0 Å². The summed E-state index contributed by atoms with van der Waals surface area (Å²) in [5.74, 6) is 0. The smallest absolute Gasteiger partial charge is 0.135 e. The van der Waals surface area contributed by atoms with Gasteiger partial charge in [-0.2, -0.15) is 5.26 Å². The van der Waals surface area contributed by atoms with Gasteiger partial charge in [-0.15, -0.1) is 0 Å². The lowest BCUT2D eigenvalue weighted by Crippen LogP contribution is -1.92. The number of rotatable bonds is 4. The number of hydrogen-bond donors (Lipinski definition) is 0. The highest BCUT2D eigenvalue weighted by Crippen LogP contribution is 2.46. The Hall–Kier alpha value is -6.95. The van der Waals surface area contributed by atoms with Gasteiger partial charge in [0.2, 0.25) is 0 Å². The lowest BCUT2D eigenvalue weighted by molar-refractivity contribution is 0.669. The number of benzene rings is 9. The van der Waals surface area contributed by atoms with Crippen LogP contribution in [0.4, 0.5) is 0 Å². The Morgan fingerprint density at radius 3 is 1.41 bits per heavy atom. The molecule has 1 aromatic heterocycles. The van der Waals surface area contributed by atoms with E-state index >= 15 is 0 Å². The van der Waals surface area contributed by atoms with Gasteiger partial charge in [-0.1, -0.05) is 127 Å². The third-order valence-corrected chi connectivity index (χ3v) is 10.3. The molecule has 0 amide bonds. The summed E-state index contributed by atoms with van der Waals surface area (Å²) in [6.07, 6.45) is 0. The summed E-state index contributed by atoms with van der Waals surface area (Å²) in [7, 11) is 0. The first-order valence-corrected chi connectivity index (χ1v) is 17.2. The first-order chi connectivity index (χ1) is 25.2. The van der Waals surface area contributed by atoms with Crippen molar-refractivity contribution in [2.45, 2.75) is 0 Å². The summed E-state index contributed by atoms with van der Waals surface area (Å²) in [5, 5.41) is 18.9. The molecule has 0 radical (unpaired) electrons. The normalized spacial score (nSPS) is 11.5. The topological polar surface area (TPSA) is 36.9 Å². The predicted molar refractivity (Wildman–Crippen MR) is 213 cm³/mol. The van der Waals surface area contributed by atoms with Crippen LogP contribution in [-0.2, 0) is 0 Å². The zero-order valence-corrected chi connectivity index (χ0v) is 27.6. The van der Waals surface area contributed by atoms with Gasteiger partial charge in [-0.3, -0.25) is 0 Å². The van der Waals surface area contributed by atoms with E-state index in [0.717, 1.165) is 33.1 Å². The second kappa shape index (κ2) is 11.6. The lowest BCUT2D eigenvalue weighted by Gasteiger charge is -2.19. The van der Waals surface area contributed by atoms with Crippen molar-refractivity contribution in [1.82, 2.24) is 0 Å². The van der Waals surface area contributed by atoms with Crippen LogP contribution in [0.25, 0.3) is 98.8 Å². The lowest BCUT2D eigenvalue weighted by atomic mass is 9.84. The Morgan fingerprint density at radius 1 is 0.333 bits per heavy atom. The highest BCUT2D eigenvalue weighted by Gasteiger charge is 2.19. The maximum absolute atomic E-state index is 9.57. The first kappa shape index (κ1) is 29.0. The molecular formula is C49H29NO. The van der Waals surface area contributed by atoms with Crippen LogP contribution in [0.5, 0.6) is 0 Å². The van der Waals surface area contributed by atoms with Gasteiger partial charge in [0, 0.05) is 10.8 Å². The Bertz CT molecular complexity index is 3020. The maximum Gasteiger partial charge on any atom is 0.135 e. The summed E-state index contributed by atoms with van der Waals surface area (Å²) in [5.41, 5.74) is 11.7. The van der Waals surface area contributed by atoms with Crippen molar-refractivity contribution in [2.75, 3.05) is 0 Å². The van der Waals surface area contributed by atoms with E-state index in [1.807, 2.05) is 18.2 Å². The van der Waals surface area contributed by atoms with Gasteiger partial charge < -0.3 is 4.42 Å². The van der Waals surface area contributed by atoms with Crippen LogP contribution in [-0.4, -0.2) is 0 Å². The quantitative estimate of drug-likeness (QED) is 0.178. The molecule has 0 unspecified atom stereocenters. The largest absolute Gasteiger partial charge is 0.456 e. The van der Waals surface area contributed by atoms with Crippen LogP contribution < -0.4 is 0 Å². The minimum Gasteiger partial charge on any atom is -0.456 e. The molecule has 9 aromatic carbocycles. The molecule has 2 nitrogen and oxygen atoms in total. The summed E-state index contributed by atoms with van der Waals surface area (Å²) in [4.78, 5) is 0. The van der Waals surface area contributed by atoms with Crippen LogP contribution >= 0.6 is 0 Å². The molecule has 0 aliphatic carbocycles. The van der Waals surface area contributed by atoms with Crippen molar-refractivity contribution in [1.29, 1.82) is 5.26 Å². The van der Waals surface area contributed by atoms with Crippen molar-refractivity contribution in [3.8, 4) is 50.6 Å². The maximum atomic E-state index is 9.57. The van der Waals surface area contributed by atoms with E-state index in [-0.39, 0.29) is 0 Å². The van der Waals surface area contributed by atoms with Gasteiger partial charge in [-0.25, -0.2) is 0 Å². The fraction of sp³-hybridized carbons (Fsp3) is 0. The number of furan rings is 1. The molecule has 0 saturated carbocycles. The van der Waals surface area contributed by atoms with Crippen molar-refractivity contribution < 1.29 is 4.42 Å². The summed E-state index contributed by atoms with van der Waals surface area (Å²) < 4.78 is 6.16. The molecule has 1 heterocycles. The van der Waals surface area contributed by atoms with Crippen molar-refractivity contribution in [3.63, 3.8) is 0 Å². The molecular weight excluding hydrogens is 619 g/mol. The highest BCUT2D eigenvalue weighted by molar-refractivity contribution is 6.22. The van der Waals surface area contributed by atoms with Crippen LogP contribution in [0.15, 0.2) is 180 Å². The van der Waals surface area contributed by atoms with Crippen molar-refractivity contribution >= 4 is 54.3 Å². The number of nitrogens with zero attached hydrogens (tertiary/aromatic N) is 1. The fourth-order valence-corrected chi connectivity index (χ4v) is 7.81. The van der Waals surface area contributed by atoms with Crippen LogP contribution in [0.1, 0.15) is 5.56 Å². The van der Waals surface area contributed by atoms with E-state index in [9.17, 15) is 5.26 Å². The van der Waals surface area contributed by atoms with Crippen molar-refractivity contribution in [2.24, 2.45) is 0 Å². The van der Waals surface area contributed by atoms with E-state index in [1.165, 1.54) is 65.7 Å². The minimum atomic E-state index is 0.623. The van der Waals surface area contributed by atoms with Crippen LogP contribution in [0.2, 0.25) is 0 Å². The molecule has 10 rings (SSSR count). The summed E-state index contributed by atoms with van der Waals surface area (Å²) >= 11 is 0. The predicted octanol–water partition coefficient (Wildman–Crippen LogP) is 13.6. The van der Waals surface area contributed by atoms with Gasteiger partial charge in [-0.05, 0) is 125 Å². The third kappa shape index (κ3) is 4.79. The van der Waals surface area contributed by atoms with E-state index in [1.54, 1.807) is 6.07 Å². The zero-order valence-electron chi connectivity index (χ0n) is 27.6. The average Bonchev–Trinajstić information content (AvgIpc) is 3.57. The molecule has 0 atom stereocenters. The Labute approximate surface area is 295 Å². The first-order valence-electron chi connectivity index (χ1n) is 17.2. The second-order valence-corrected chi connectivity index (χ2v) is 13.2. The van der Waals surface area contributed by atoms with Crippen molar-refractivity contribution in [3.05, 3.63) is 181 Å². The molecule has 2 heteroatoms. The van der Waals surface area contributed by atoms with Crippen LogP contribution in [0.3, 0.4) is 0 Å². The summed E-state index contributed by atoms with van der Waals surface area (Å²) in [6, 6.07) is 65.0. The standard InChI is InChI=1S/C49H29NO/c50-30-31-15-23-46-42(25-31)43-27-39(20-24-47(43)51-46)38-19-22-41-45(29-38)49(34-12-5-2-6-13-34)40-21-18-37(28-44(40)48(41)33-10-3-1-4-11-33)36-17-16-32-9-7-8-14-35(32)26-36/h1-29H. The fourth-order valence-electron chi connectivity index (χ4n) is 7.81. The molecule has 0 spiro atoms.